The Kier molecular flexibility index (Phi) is 4.27. The van der Waals surface area contributed by atoms with E-state index in [0.29, 0.717) is 6.42 Å². The first-order valence-electron chi connectivity index (χ1n) is 8.40. The van der Waals surface area contributed by atoms with E-state index >= 15 is 0 Å². The average Bonchev–Trinajstić information content (AvgIpc) is 2.91. The molecule has 2 unspecified atom stereocenters. The first-order chi connectivity index (χ1) is 11.5. The molecule has 0 heterocycles. The zero-order valence-electron chi connectivity index (χ0n) is 14.2. The summed E-state index contributed by atoms with van der Waals surface area (Å²) in [6.45, 7) is 3.82. The van der Waals surface area contributed by atoms with E-state index in [0.717, 1.165) is 29.7 Å². The van der Waals surface area contributed by atoms with Gasteiger partial charge in [0.25, 0.3) is 0 Å². The molecule has 2 aromatic rings. The molecule has 1 fully saturated rings. The molecule has 0 saturated heterocycles. The van der Waals surface area contributed by atoms with Gasteiger partial charge in [-0.05, 0) is 33.1 Å². The summed E-state index contributed by atoms with van der Waals surface area (Å²) in [6, 6.07) is 20.0. The van der Waals surface area contributed by atoms with Crippen LogP contribution in [0.5, 0.6) is 0 Å². The maximum atomic E-state index is 11.9. The quantitative estimate of drug-likeness (QED) is 0.839. The summed E-state index contributed by atoms with van der Waals surface area (Å²) in [7, 11) is 0. The molecule has 2 aromatic carbocycles. The Morgan fingerprint density at radius 2 is 1.42 bits per heavy atom. The standard InChI is InChI=1S/C21H23NO2/c1-20(19(23)24)14-9-15-21(20,2)22-18(16-10-5-3-6-11-16)17-12-7-4-8-13-17/h3-8,10-13H,9,14-15H2,1-2H3,(H,23,24). The lowest BCUT2D eigenvalue weighted by Crippen LogP contribution is -2.44. The summed E-state index contributed by atoms with van der Waals surface area (Å²) < 4.78 is 0. The SMILES string of the molecule is CC1(N=C(c2ccccc2)c2ccccc2)CCCC1(C)C(=O)O. The molecule has 124 valence electrons. The third kappa shape index (κ3) is 2.75. The van der Waals surface area contributed by atoms with Crippen molar-refractivity contribution in [3.63, 3.8) is 0 Å². The third-order valence-corrected chi connectivity index (χ3v) is 5.45. The normalized spacial score (nSPS) is 26.1. The molecule has 1 aliphatic carbocycles. The van der Waals surface area contributed by atoms with E-state index in [1.165, 1.54) is 0 Å². The maximum absolute atomic E-state index is 11.9. The summed E-state index contributed by atoms with van der Waals surface area (Å²) in [6.07, 6.45) is 2.35. The lowest BCUT2D eigenvalue weighted by molar-refractivity contribution is -0.150. The van der Waals surface area contributed by atoms with Crippen molar-refractivity contribution in [1.82, 2.24) is 0 Å². The number of carboxylic acids is 1. The van der Waals surface area contributed by atoms with Crippen LogP contribution in [0.15, 0.2) is 65.7 Å². The van der Waals surface area contributed by atoms with Crippen molar-refractivity contribution in [2.24, 2.45) is 10.4 Å². The lowest BCUT2D eigenvalue weighted by atomic mass is 9.74. The molecule has 0 spiro atoms. The number of hydrogen-bond donors (Lipinski definition) is 1. The Bertz CT molecular complexity index is 712. The van der Waals surface area contributed by atoms with Gasteiger partial charge in [0.1, 0.15) is 0 Å². The summed E-state index contributed by atoms with van der Waals surface area (Å²) >= 11 is 0. The van der Waals surface area contributed by atoms with E-state index in [1.807, 2.05) is 74.5 Å². The van der Waals surface area contributed by atoms with Gasteiger partial charge >= 0.3 is 5.97 Å². The molecular formula is C21H23NO2. The highest BCUT2D eigenvalue weighted by Gasteiger charge is 2.54. The van der Waals surface area contributed by atoms with Crippen LogP contribution in [0.25, 0.3) is 0 Å². The zero-order chi connectivity index (χ0) is 17.2. The number of carbonyl (C=O) groups is 1. The smallest absolute Gasteiger partial charge is 0.311 e. The highest BCUT2D eigenvalue weighted by Crippen LogP contribution is 2.49. The van der Waals surface area contributed by atoms with Crippen LogP contribution in [-0.4, -0.2) is 22.3 Å². The molecule has 1 saturated carbocycles. The molecule has 24 heavy (non-hydrogen) atoms. The minimum Gasteiger partial charge on any atom is -0.481 e. The molecule has 0 bridgehead atoms. The topological polar surface area (TPSA) is 49.7 Å². The van der Waals surface area contributed by atoms with Crippen LogP contribution in [-0.2, 0) is 4.79 Å². The Labute approximate surface area is 143 Å². The predicted molar refractivity (Wildman–Crippen MR) is 96.5 cm³/mol. The molecule has 2 atom stereocenters. The van der Waals surface area contributed by atoms with E-state index in [9.17, 15) is 9.90 Å². The van der Waals surface area contributed by atoms with Gasteiger partial charge in [-0.2, -0.15) is 0 Å². The molecule has 1 N–H and O–H groups in total. The van der Waals surface area contributed by atoms with Crippen LogP contribution in [0.1, 0.15) is 44.2 Å². The molecule has 0 aliphatic heterocycles. The number of hydrogen-bond acceptors (Lipinski definition) is 2. The lowest BCUT2D eigenvalue weighted by Gasteiger charge is -2.35. The fourth-order valence-electron chi connectivity index (χ4n) is 3.58. The second-order valence-corrected chi connectivity index (χ2v) is 6.96. The van der Waals surface area contributed by atoms with Crippen molar-refractivity contribution in [1.29, 1.82) is 0 Å². The van der Waals surface area contributed by atoms with E-state index in [4.69, 9.17) is 4.99 Å². The average molecular weight is 321 g/mol. The van der Waals surface area contributed by atoms with E-state index in [1.54, 1.807) is 0 Å². The van der Waals surface area contributed by atoms with Gasteiger partial charge in [0.15, 0.2) is 0 Å². The molecule has 3 nitrogen and oxygen atoms in total. The molecule has 0 radical (unpaired) electrons. The maximum Gasteiger partial charge on any atom is 0.311 e. The molecule has 3 heteroatoms. The van der Waals surface area contributed by atoms with Crippen LogP contribution in [0, 0.1) is 5.41 Å². The number of aliphatic carboxylic acids is 1. The second-order valence-electron chi connectivity index (χ2n) is 6.96. The summed E-state index contributed by atoms with van der Waals surface area (Å²) in [4.78, 5) is 17.0. The van der Waals surface area contributed by atoms with Gasteiger partial charge in [0, 0.05) is 11.1 Å². The summed E-state index contributed by atoms with van der Waals surface area (Å²) in [5.74, 6) is -0.758. The monoisotopic (exact) mass is 321 g/mol. The van der Waals surface area contributed by atoms with E-state index in [2.05, 4.69) is 0 Å². The fraction of sp³-hybridized carbons (Fsp3) is 0.333. The minimum absolute atomic E-state index is 0.611. The molecule has 0 aromatic heterocycles. The number of nitrogens with zero attached hydrogens (tertiary/aromatic N) is 1. The predicted octanol–water partition coefficient (Wildman–Crippen LogP) is 4.56. The first kappa shape index (κ1) is 16.4. The second kappa shape index (κ2) is 6.23. The van der Waals surface area contributed by atoms with Gasteiger partial charge < -0.3 is 5.11 Å². The van der Waals surface area contributed by atoms with E-state index < -0.39 is 16.9 Å². The molecule has 1 aliphatic rings. The Morgan fingerprint density at radius 3 is 1.88 bits per heavy atom. The number of rotatable bonds is 4. The summed E-state index contributed by atoms with van der Waals surface area (Å²) in [5, 5.41) is 9.79. The fourth-order valence-corrected chi connectivity index (χ4v) is 3.58. The van der Waals surface area contributed by atoms with Gasteiger partial charge in [0.2, 0.25) is 0 Å². The van der Waals surface area contributed by atoms with Gasteiger partial charge in [-0.3, -0.25) is 9.79 Å². The number of carboxylic acid groups (broad SMARTS) is 1. The van der Waals surface area contributed by atoms with Crippen molar-refractivity contribution < 1.29 is 9.90 Å². The van der Waals surface area contributed by atoms with Gasteiger partial charge in [-0.25, -0.2) is 0 Å². The van der Waals surface area contributed by atoms with Crippen molar-refractivity contribution >= 4 is 11.7 Å². The van der Waals surface area contributed by atoms with Crippen LogP contribution in [0.3, 0.4) is 0 Å². The van der Waals surface area contributed by atoms with Crippen molar-refractivity contribution in [2.75, 3.05) is 0 Å². The minimum atomic E-state index is -0.832. The van der Waals surface area contributed by atoms with Crippen LogP contribution in [0.4, 0.5) is 0 Å². The van der Waals surface area contributed by atoms with Crippen LogP contribution < -0.4 is 0 Å². The molecule has 0 amide bonds. The van der Waals surface area contributed by atoms with Gasteiger partial charge in [-0.1, -0.05) is 60.7 Å². The molecule has 3 rings (SSSR count). The van der Waals surface area contributed by atoms with Crippen LogP contribution >= 0.6 is 0 Å². The Hall–Kier alpha value is -2.42. The number of benzene rings is 2. The highest BCUT2D eigenvalue weighted by atomic mass is 16.4. The number of aliphatic imine (C=N–C) groups is 1. The molecular weight excluding hydrogens is 298 g/mol. The third-order valence-electron chi connectivity index (χ3n) is 5.45. The van der Waals surface area contributed by atoms with Crippen LogP contribution in [0.2, 0.25) is 0 Å². The van der Waals surface area contributed by atoms with E-state index in [-0.39, 0.29) is 0 Å². The Morgan fingerprint density at radius 1 is 0.917 bits per heavy atom. The van der Waals surface area contributed by atoms with Crippen molar-refractivity contribution in [2.45, 2.75) is 38.6 Å². The highest BCUT2D eigenvalue weighted by molar-refractivity contribution is 6.13. The summed E-state index contributed by atoms with van der Waals surface area (Å²) in [5.41, 5.74) is 1.46. The van der Waals surface area contributed by atoms with Gasteiger partial charge in [0.05, 0.1) is 16.7 Å². The first-order valence-corrected chi connectivity index (χ1v) is 8.40. The largest absolute Gasteiger partial charge is 0.481 e. The van der Waals surface area contributed by atoms with Crippen molar-refractivity contribution in [3.8, 4) is 0 Å². The van der Waals surface area contributed by atoms with Gasteiger partial charge in [-0.15, -0.1) is 0 Å². The zero-order valence-corrected chi connectivity index (χ0v) is 14.2. The Balaban J connectivity index is 2.16. The van der Waals surface area contributed by atoms with Crippen molar-refractivity contribution in [3.05, 3.63) is 71.8 Å².